The normalized spacial score (nSPS) is 9.69. The van der Waals surface area contributed by atoms with Gasteiger partial charge in [0.05, 0.1) is 7.11 Å². The van der Waals surface area contributed by atoms with Crippen LogP contribution in [-0.2, 0) is 11.3 Å². The van der Waals surface area contributed by atoms with E-state index in [9.17, 15) is 9.18 Å². The Morgan fingerprint density at radius 3 is 3.00 bits per heavy atom. The Morgan fingerprint density at radius 2 is 2.46 bits per heavy atom. The van der Waals surface area contributed by atoms with Gasteiger partial charge in [0.25, 0.3) is 0 Å². The molecule has 0 amide bonds. The summed E-state index contributed by atoms with van der Waals surface area (Å²) in [5.41, 5.74) is 0. The quantitative estimate of drug-likeness (QED) is 0.686. The molecule has 70 valence electrons. The lowest BCUT2D eigenvalue weighted by molar-refractivity contribution is -0.686. The van der Waals surface area contributed by atoms with Gasteiger partial charge in [0, 0.05) is 6.07 Å². The minimum Gasteiger partial charge on any atom is -0.489 e. The molecule has 0 saturated heterocycles. The predicted molar refractivity (Wildman–Crippen MR) is 40.8 cm³/mol. The van der Waals surface area contributed by atoms with Gasteiger partial charge in [-0.15, -0.1) is 0 Å². The van der Waals surface area contributed by atoms with Crippen LogP contribution in [0.4, 0.5) is 4.39 Å². The van der Waals surface area contributed by atoms with Gasteiger partial charge >= 0.3 is 5.97 Å². The molecule has 0 aliphatic heterocycles. The fourth-order valence-corrected chi connectivity index (χ4v) is 0.903. The lowest BCUT2D eigenvalue weighted by Crippen LogP contribution is -2.37. The third-order valence-electron chi connectivity index (χ3n) is 1.47. The SMILES string of the molecule is COc1c[n+](CC(=O)O)ccc1F. The Balaban J connectivity index is 2.92. The number of ether oxygens (including phenoxy) is 1. The average molecular weight is 186 g/mol. The van der Waals surface area contributed by atoms with E-state index in [2.05, 4.69) is 4.74 Å². The van der Waals surface area contributed by atoms with Crippen LogP contribution < -0.4 is 9.30 Å². The molecular formula is C8H9FNO3+. The number of hydrogen-bond acceptors (Lipinski definition) is 2. The third-order valence-corrected chi connectivity index (χ3v) is 1.47. The first-order chi connectivity index (χ1) is 6.13. The van der Waals surface area contributed by atoms with Crippen molar-refractivity contribution < 1.29 is 23.6 Å². The van der Waals surface area contributed by atoms with Crippen molar-refractivity contribution in [3.8, 4) is 5.75 Å². The second-order valence-corrected chi connectivity index (χ2v) is 2.43. The van der Waals surface area contributed by atoms with Crippen LogP contribution >= 0.6 is 0 Å². The van der Waals surface area contributed by atoms with E-state index in [1.165, 1.54) is 24.1 Å². The first kappa shape index (κ1) is 9.44. The fraction of sp³-hybridized carbons (Fsp3) is 0.250. The number of pyridine rings is 1. The zero-order valence-corrected chi connectivity index (χ0v) is 7.03. The van der Waals surface area contributed by atoms with Crippen LogP contribution in [0.3, 0.4) is 0 Å². The standard InChI is InChI=1S/C8H8FNO3/c1-13-7-4-10(5-8(11)12)3-2-6(7)9/h2-4H,5H2,1H3/p+1. The summed E-state index contributed by atoms with van der Waals surface area (Å²) in [5, 5.41) is 8.44. The van der Waals surface area contributed by atoms with Crippen molar-refractivity contribution in [3.05, 3.63) is 24.3 Å². The number of carboxylic acids is 1. The topological polar surface area (TPSA) is 50.4 Å². The highest BCUT2D eigenvalue weighted by Gasteiger charge is 2.11. The van der Waals surface area contributed by atoms with Crippen molar-refractivity contribution in [1.82, 2.24) is 0 Å². The number of carboxylic acid groups (broad SMARTS) is 1. The number of rotatable bonds is 3. The van der Waals surface area contributed by atoms with Crippen LogP contribution in [0.15, 0.2) is 18.5 Å². The van der Waals surface area contributed by atoms with Crippen molar-refractivity contribution in [3.63, 3.8) is 0 Å². The number of halogens is 1. The summed E-state index contributed by atoms with van der Waals surface area (Å²) in [5.74, 6) is -1.47. The van der Waals surface area contributed by atoms with Gasteiger partial charge in [-0.2, -0.15) is 4.57 Å². The van der Waals surface area contributed by atoms with E-state index in [4.69, 9.17) is 5.11 Å². The summed E-state index contributed by atoms with van der Waals surface area (Å²) in [7, 11) is 1.32. The zero-order chi connectivity index (χ0) is 9.84. The van der Waals surface area contributed by atoms with E-state index in [-0.39, 0.29) is 12.3 Å². The van der Waals surface area contributed by atoms with Crippen molar-refractivity contribution >= 4 is 5.97 Å². The largest absolute Gasteiger partial charge is 0.489 e. The van der Waals surface area contributed by atoms with Crippen LogP contribution in [-0.4, -0.2) is 18.2 Å². The number of methoxy groups -OCH3 is 1. The van der Waals surface area contributed by atoms with Gasteiger partial charge in [0.1, 0.15) is 0 Å². The highest BCUT2D eigenvalue weighted by molar-refractivity contribution is 5.64. The highest BCUT2D eigenvalue weighted by Crippen LogP contribution is 2.11. The number of carbonyl (C=O) groups is 1. The van der Waals surface area contributed by atoms with E-state index in [0.717, 1.165) is 6.07 Å². The maximum atomic E-state index is 12.8. The minimum atomic E-state index is -0.987. The van der Waals surface area contributed by atoms with Crippen molar-refractivity contribution in [2.45, 2.75) is 6.54 Å². The maximum absolute atomic E-state index is 12.8. The smallest absolute Gasteiger partial charge is 0.370 e. The van der Waals surface area contributed by atoms with Crippen molar-refractivity contribution in [1.29, 1.82) is 0 Å². The second-order valence-electron chi connectivity index (χ2n) is 2.43. The maximum Gasteiger partial charge on any atom is 0.370 e. The fourth-order valence-electron chi connectivity index (χ4n) is 0.903. The summed E-state index contributed by atoms with van der Waals surface area (Å²) in [6.07, 6.45) is 2.63. The number of aromatic nitrogens is 1. The van der Waals surface area contributed by atoms with Crippen molar-refractivity contribution in [2.75, 3.05) is 7.11 Å². The van der Waals surface area contributed by atoms with Gasteiger partial charge in [-0.05, 0) is 0 Å². The van der Waals surface area contributed by atoms with Gasteiger partial charge in [-0.1, -0.05) is 0 Å². The molecule has 1 aromatic rings. The van der Waals surface area contributed by atoms with E-state index in [1.54, 1.807) is 0 Å². The molecule has 5 heteroatoms. The lowest BCUT2D eigenvalue weighted by atomic mass is 10.4. The molecule has 0 atom stereocenters. The Bertz CT molecular complexity index is 327. The molecule has 1 heterocycles. The molecule has 0 aromatic carbocycles. The van der Waals surface area contributed by atoms with Crippen LogP contribution in [0, 0.1) is 5.82 Å². The van der Waals surface area contributed by atoms with Gasteiger partial charge in [-0.25, -0.2) is 9.18 Å². The first-order valence-corrected chi connectivity index (χ1v) is 3.58. The summed E-state index contributed by atoms with van der Waals surface area (Å²) >= 11 is 0. The Labute approximate surface area is 74.2 Å². The molecule has 0 fully saturated rings. The molecule has 4 nitrogen and oxygen atoms in total. The minimum absolute atomic E-state index is 0.0313. The first-order valence-electron chi connectivity index (χ1n) is 3.58. The molecule has 1 N–H and O–H groups in total. The molecule has 0 aliphatic carbocycles. The zero-order valence-electron chi connectivity index (χ0n) is 7.03. The molecule has 0 aliphatic rings. The molecule has 0 spiro atoms. The van der Waals surface area contributed by atoms with Gasteiger partial charge < -0.3 is 9.84 Å². The van der Waals surface area contributed by atoms with E-state index in [1.807, 2.05) is 0 Å². The molecule has 1 rings (SSSR count). The molecule has 1 aromatic heterocycles. The van der Waals surface area contributed by atoms with Crippen LogP contribution in [0.1, 0.15) is 0 Å². The Hall–Kier alpha value is -1.65. The molecule has 0 radical (unpaired) electrons. The lowest BCUT2D eigenvalue weighted by Gasteiger charge is -1.98. The monoisotopic (exact) mass is 186 g/mol. The number of hydrogen-bond donors (Lipinski definition) is 1. The van der Waals surface area contributed by atoms with Crippen molar-refractivity contribution in [2.24, 2.45) is 0 Å². The molecule has 0 saturated carbocycles. The van der Waals surface area contributed by atoms with E-state index < -0.39 is 11.8 Å². The summed E-state index contributed by atoms with van der Waals surface area (Å²) in [4.78, 5) is 10.3. The average Bonchev–Trinajstić information content (AvgIpc) is 2.07. The van der Waals surface area contributed by atoms with Gasteiger partial charge in [0.2, 0.25) is 18.5 Å². The highest BCUT2D eigenvalue weighted by atomic mass is 19.1. The second kappa shape index (κ2) is 3.84. The number of nitrogens with zero attached hydrogens (tertiary/aromatic N) is 1. The van der Waals surface area contributed by atoms with Crippen LogP contribution in [0.5, 0.6) is 5.75 Å². The summed E-state index contributed by atoms with van der Waals surface area (Å²) in [6, 6.07) is 1.15. The Kier molecular flexibility index (Phi) is 2.79. The Morgan fingerprint density at radius 1 is 1.77 bits per heavy atom. The predicted octanol–water partition coefficient (Wildman–Crippen LogP) is 0.206. The molecule has 13 heavy (non-hydrogen) atoms. The molecular weight excluding hydrogens is 177 g/mol. The van der Waals surface area contributed by atoms with Crippen LogP contribution in [0.2, 0.25) is 0 Å². The molecule has 0 unspecified atom stereocenters. The summed E-state index contributed by atoms with van der Waals surface area (Å²) < 4.78 is 18.8. The van der Waals surface area contributed by atoms with E-state index >= 15 is 0 Å². The van der Waals surface area contributed by atoms with E-state index in [0.29, 0.717) is 0 Å². The number of aliphatic carboxylic acids is 1. The third kappa shape index (κ3) is 2.40. The van der Waals surface area contributed by atoms with Gasteiger partial charge in [0.15, 0.2) is 12.0 Å². The molecule has 0 bridgehead atoms. The summed E-state index contributed by atoms with van der Waals surface area (Å²) in [6.45, 7) is -0.212. The van der Waals surface area contributed by atoms with Crippen LogP contribution in [0.25, 0.3) is 0 Å². The van der Waals surface area contributed by atoms with Gasteiger partial charge in [-0.3, -0.25) is 0 Å².